The lowest BCUT2D eigenvalue weighted by Gasteiger charge is -2.12. The van der Waals surface area contributed by atoms with Gasteiger partial charge in [-0.05, 0) is 37.3 Å². The summed E-state index contributed by atoms with van der Waals surface area (Å²) in [5, 5.41) is 0. The van der Waals surface area contributed by atoms with E-state index in [0.29, 0.717) is 0 Å². The second kappa shape index (κ2) is 4.16. The molecule has 0 bridgehead atoms. The van der Waals surface area contributed by atoms with E-state index in [1.54, 1.807) is 5.56 Å². The van der Waals surface area contributed by atoms with Crippen molar-refractivity contribution in [2.75, 3.05) is 0 Å². The first kappa shape index (κ1) is 9.76. The molecule has 1 fully saturated rings. The average Bonchev–Trinajstić information content (AvgIpc) is 2.64. The fourth-order valence-corrected chi connectivity index (χ4v) is 2.55. The maximum atomic E-state index is 2.37. The Kier molecular flexibility index (Phi) is 2.90. The molecule has 0 heterocycles. The van der Waals surface area contributed by atoms with Crippen LogP contribution in [-0.4, -0.2) is 0 Å². The Hall–Kier alpha value is -0.780. The van der Waals surface area contributed by atoms with Crippen molar-refractivity contribution in [2.45, 2.75) is 46.0 Å². The molecule has 0 aromatic heterocycles. The molecule has 0 amide bonds. The smallest absolute Gasteiger partial charge is 0.0248 e. The van der Waals surface area contributed by atoms with E-state index in [1.165, 1.54) is 43.2 Å². The Bertz CT molecular complexity index is 306. The molecular formula is C14H20. The molecule has 2 rings (SSSR count). The van der Waals surface area contributed by atoms with Gasteiger partial charge in [0.05, 0.1) is 0 Å². The van der Waals surface area contributed by atoms with E-state index in [9.17, 15) is 0 Å². The fraction of sp³-hybridized carbons (Fsp3) is 0.571. The van der Waals surface area contributed by atoms with Gasteiger partial charge in [0.25, 0.3) is 0 Å². The molecule has 1 saturated carbocycles. The van der Waals surface area contributed by atoms with Gasteiger partial charge in [0, 0.05) is 0 Å². The summed E-state index contributed by atoms with van der Waals surface area (Å²) in [6.45, 7) is 4.43. The summed E-state index contributed by atoms with van der Waals surface area (Å²) >= 11 is 0. The standard InChI is InChI=1S/C14H20/c1-11-7-8-12(2)14(9-11)10-13-5-3-4-6-13/h7-9,13H,3-6,10H2,1-2H3. The molecule has 0 aliphatic heterocycles. The molecule has 0 heteroatoms. The van der Waals surface area contributed by atoms with Crippen LogP contribution in [-0.2, 0) is 6.42 Å². The van der Waals surface area contributed by atoms with Gasteiger partial charge in [0.1, 0.15) is 0 Å². The SMILES string of the molecule is Cc1ccc(C)c(CC2CCCC2)c1. The molecule has 14 heavy (non-hydrogen) atoms. The monoisotopic (exact) mass is 188 g/mol. The normalized spacial score (nSPS) is 17.6. The molecule has 1 aliphatic rings. The number of rotatable bonds is 2. The number of hydrogen-bond acceptors (Lipinski definition) is 0. The van der Waals surface area contributed by atoms with E-state index in [1.807, 2.05) is 0 Å². The summed E-state index contributed by atoms with van der Waals surface area (Å²) in [7, 11) is 0. The van der Waals surface area contributed by atoms with Crippen molar-refractivity contribution >= 4 is 0 Å². The third-order valence-electron chi connectivity index (χ3n) is 3.49. The predicted molar refractivity (Wildman–Crippen MR) is 61.6 cm³/mol. The maximum Gasteiger partial charge on any atom is -0.0248 e. The Balaban J connectivity index is 2.10. The van der Waals surface area contributed by atoms with E-state index in [0.717, 1.165) is 5.92 Å². The van der Waals surface area contributed by atoms with Gasteiger partial charge in [-0.2, -0.15) is 0 Å². The van der Waals surface area contributed by atoms with Crippen molar-refractivity contribution in [1.82, 2.24) is 0 Å². The highest BCUT2D eigenvalue weighted by atomic mass is 14.2. The molecule has 0 radical (unpaired) electrons. The number of benzene rings is 1. The summed E-state index contributed by atoms with van der Waals surface area (Å²) in [5.74, 6) is 0.968. The highest BCUT2D eigenvalue weighted by molar-refractivity contribution is 5.30. The summed E-state index contributed by atoms with van der Waals surface area (Å²) in [5.41, 5.74) is 4.46. The lowest BCUT2D eigenvalue weighted by atomic mass is 9.94. The molecule has 0 N–H and O–H groups in total. The van der Waals surface area contributed by atoms with Gasteiger partial charge in [0.2, 0.25) is 0 Å². The third-order valence-corrected chi connectivity index (χ3v) is 3.49. The Morgan fingerprint density at radius 1 is 1.14 bits per heavy atom. The molecule has 0 saturated heterocycles. The predicted octanol–water partition coefficient (Wildman–Crippen LogP) is 4.04. The second-order valence-electron chi connectivity index (χ2n) is 4.78. The molecule has 1 aromatic rings. The molecule has 1 aliphatic carbocycles. The van der Waals surface area contributed by atoms with Crippen molar-refractivity contribution in [3.8, 4) is 0 Å². The molecule has 0 nitrogen and oxygen atoms in total. The van der Waals surface area contributed by atoms with Crippen LogP contribution in [0.25, 0.3) is 0 Å². The van der Waals surface area contributed by atoms with Gasteiger partial charge in [-0.3, -0.25) is 0 Å². The lowest BCUT2D eigenvalue weighted by molar-refractivity contribution is 0.545. The third kappa shape index (κ3) is 2.17. The molecule has 1 aromatic carbocycles. The van der Waals surface area contributed by atoms with Crippen LogP contribution < -0.4 is 0 Å². The summed E-state index contributed by atoms with van der Waals surface area (Å²) in [4.78, 5) is 0. The zero-order valence-corrected chi connectivity index (χ0v) is 9.34. The highest BCUT2D eigenvalue weighted by Gasteiger charge is 2.15. The Morgan fingerprint density at radius 2 is 1.86 bits per heavy atom. The van der Waals surface area contributed by atoms with Gasteiger partial charge in [-0.15, -0.1) is 0 Å². The minimum atomic E-state index is 0.968. The quantitative estimate of drug-likeness (QED) is 0.657. The Labute approximate surface area is 87.3 Å². The van der Waals surface area contributed by atoms with E-state index < -0.39 is 0 Å². The van der Waals surface area contributed by atoms with Gasteiger partial charge >= 0.3 is 0 Å². The molecule has 0 atom stereocenters. The fourth-order valence-electron chi connectivity index (χ4n) is 2.55. The molecule has 76 valence electrons. The van der Waals surface area contributed by atoms with Crippen LogP contribution in [0.4, 0.5) is 0 Å². The summed E-state index contributed by atoms with van der Waals surface area (Å²) in [6.07, 6.45) is 7.12. The number of hydrogen-bond donors (Lipinski definition) is 0. The van der Waals surface area contributed by atoms with Crippen LogP contribution in [0.15, 0.2) is 18.2 Å². The zero-order valence-electron chi connectivity index (χ0n) is 9.34. The van der Waals surface area contributed by atoms with Crippen molar-refractivity contribution in [3.05, 3.63) is 34.9 Å². The lowest BCUT2D eigenvalue weighted by Crippen LogP contribution is -2.00. The van der Waals surface area contributed by atoms with E-state index >= 15 is 0 Å². The second-order valence-corrected chi connectivity index (χ2v) is 4.78. The van der Waals surface area contributed by atoms with Crippen LogP contribution >= 0.6 is 0 Å². The van der Waals surface area contributed by atoms with Crippen molar-refractivity contribution < 1.29 is 0 Å². The summed E-state index contributed by atoms with van der Waals surface area (Å²) < 4.78 is 0. The van der Waals surface area contributed by atoms with Gasteiger partial charge < -0.3 is 0 Å². The molecule has 0 spiro atoms. The van der Waals surface area contributed by atoms with E-state index in [4.69, 9.17) is 0 Å². The average molecular weight is 188 g/mol. The van der Waals surface area contributed by atoms with Gasteiger partial charge in [0.15, 0.2) is 0 Å². The van der Waals surface area contributed by atoms with Gasteiger partial charge in [-0.1, -0.05) is 49.4 Å². The first-order valence-corrected chi connectivity index (χ1v) is 5.82. The minimum Gasteiger partial charge on any atom is -0.0590 e. The maximum absolute atomic E-state index is 2.37. The van der Waals surface area contributed by atoms with Crippen LogP contribution in [0.2, 0.25) is 0 Å². The van der Waals surface area contributed by atoms with E-state index in [-0.39, 0.29) is 0 Å². The molecule has 0 unspecified atom stereocenters. The van der Waals surface area contributed by atoms with Crippen molar-refractivity contribution in [3.63, 3.8) is 0 Å². The minimum absolute atomic E-state index is 0.968. The van der Waals surface area contributed by atoms with Crippen LogP contribution in [0.5, 0.6) is 0 Å². The van der Waals surface area contributed by atoms with Gasteiger partial charge in [-0.25, -0.2) is 0 Å². The number of aryl methyl sites for hydroxylation is 2. The van der Waals surface area contributed by atoms with Crippen molar-refractivity contribution in [1.29, 1.82) is 0 Å². The zero-order chi connectivity index (χ0) is 9.97. The largest absolute Gasteiger partial charge is 0.0590 e. The van der Waals surface area contributed by atoms with Crippen molar-refractivity contribution in [2.24, 2.45) is 5.92 Å². The first-order chi connectivity index (χ1) is 6.75. The topological polar surface area (TPSA) is 0 Å². The molecular weight excluding hydrogens is 168 g/mol. The Morgan fingerprint density at radius 3 is 2.57 bits per heavy atom. The van der Waals surface area contributed by atoms with Crippen LogP contribution in [0.3, 0.4) is 0 Å². The summed E-state index contributed by atoms with van der Waals surface area (Å²) in [6, 6.07) is 6.85. The first-order valence-electron chi connectivity index (χ1n) is 5.82. The van der Waals surface area contributed by atoms with Crippen LogP contribution in [0, 0.1) is 19.8 Å². The van der Waals surface area contributed by atoms with E-state index in [2.05, 4.69) is 32.0 Å². The highest BCUT2D eigenvalue weighted by Crippen LogP contribution is 2.29. The van der Waals surface area contributed by atoms with Crippen LogP contribution in [0.1, 0.15) is 42.4 Å².